The number of carbonyl (C=O) groups is 2. The summed E-state index contributed by atoms with van der Waals surface area (Å²) in [5.74, 6) is -2.27. The molecule has 0 spiro atoms. The number of carboxylic acid groups (broad SMARTS) is 2. The molecule has 0 saturated carbocycles. The highest BCUT2D eigenvalue weighted by molar-refractivity contribution is 5.89. The van der Waals surface area contributed by atoms with Gasteiger partial charge in [0.15, 0.2) is 0 Å². The molecule has 0 amide bonds. The molecule has 0 aliphatic heterocycles. The number of aliphatic carboxylic acids is 2. The van der Waals surface area contributed by atoms with Gasteiger partial charge in [-0.25, -0.2) is 9.59 Å². The second-order valence-corrected chi connectivity index (χ2v) is 4.99. The quantitative estimate of drug-likeness (QED) is 0.509. The van der Waals surface area contributed by atoms with Crippen molar-refractivity contribution in [3.63, 3.8) is 0 Å². The van der Waals surface area contributed by atoms with Crippen LogP contribution in [-0.4, -0.2) is 41.3 Å². The summed E-state index contributed by atoms with van der Waals surface area (Å²) in [6.07, 6.45) is -3.21. The molecule has 9 heteroatoms. The number of hydrogen-bond acceptors (Lipinski definition) is 4. The highest BCUT2D eigenvalue weighted by atomic mass is 19.4. The monoisotopic (exact) mass is 363 g/mol. The molecule has 1 aromatic rings. The molecule has 0 saturated heterocycles. The maximum atomic E-state index is 12.4. The molecule has 1 rings (SSSR count). The number of alkyl halides is 3. The van der Waals surface area contributed by atoms with E-state index in [0.29, 0.717) is 31.3 Å². The van der Waals surface area contributed by atoms with Crippen LogP contribution in [0.5, 0.6) is 5.75 Å². The van der Waals surface area contributed by atoms with Gasteiger partial charge in [-0.15, -0.1) is 0 Å². The average Bonchev–Trinajstić information content (AvgIpc) is 2.49. The van der Waals surface area contributed by atoms with Gasteiger partial charge in [-0.1, -0.05) is 19.9 Å². The van der Waals surface area contributed by atoms with Crippen molar-refractivity contribution in [1.82, 2.24) is 5.32 Å². The maximum absolute atomic E-state index is 12.4. The minimum atomic E-state index is -4.32. The molecule has 3 N–H and O–H groups in total. The van der Waals surface area contributed by atoms with Crippen molar-refractivity contribution in [3.05, 3.63) is 42.0 Å². The van der Waals surface area contributed by atoms with Crippen molar-refractivity contribution < 1.29 is 37.7 Å². The summed E-state index contributed by atoms with van der Waals surface area (Å²) in [6, 6.07) is 5.23. The Labute approximate surface area is 142 Å². The Bertz CT molecular complexity index is 569. The minimum absolute atomic E-state index is 0.241. The van der Waals surface area contributed by atoms with Crippen LogP contribution in [0.4, 0.5) is 13.2 Å². The van der Waals surface area contributed by atoms with Gasteiger partial charge in [0.25, 0.3) is 0 Å². The Hall–Kier alpha value is -2.55. The van der Waals surface area contributed by atoms with Gasteiger partial charge in [0.2, 0.25) is 0 Å². The van der Waals surface area contributed by atoms with E-state index in [1.54, 1.807) is 0 Å². The molecule has 0 heterocycles. The molecule has 140 valence electrons. The van der Waals surface area contributed by atoms with E-state index in [-0.39, 0.29) is 5.75 Å². The molecule has 0 aromatic heterocycles. The van der Waals surface area contributed by atoms with E-state index in [4.69, 9.17) is 14.9 Å². The Kier molecular flexibility index (Phi) is 9.95. The standard InChI is InChI=1S/C12H16F3NO.C4H4O4/c1-9(2)16-6-7-17-11-5-3-4-10(8-11)12(13,14)15;5-3(6)1-2-4(7)8/h3-5,8-9,16H,6-7H2,1-2H3;1-2H,(H,5,6)(H,7,8). The lowest BCUT2D eigenvalue weighted by Crippen LogP contribution is -2.27. The second kappa shape index (κ2) is 11.1. The van der Waals surface area contributed by atoms with Crippen LogP contribution in [-0.2, 0) is 15.8 Å². The van der Waals surface area contributed by atoms with Crippen LogP contribution in [0.3, 0.4) is 0 Å². The van der Waals surface area contributed by atoms with Crippen LogP contribution in [0.2, 0.25) is 0 Å². The predicted octanol–water partition coefficient (Wildman–Crippen LogP) is 2.79. The van der Waals surface area contributed by atoms with E-state index < -0.39 is 23.7 Å². The zero-order chi connectivity index (χ0) is 19.5. The van der Waals surface area contributed by atoms with Crippen molar-refractivity contribution in [3.8, 4) is 5.75 Å². The fourth-order valence-corrected chi connectivity index (χ4v) is 1.42. The van der Waals surface area contributed by atoms with E-state index in [0.717, 1.165) is 12.1 Å². The molecular formula is C16H20F3NO5. The molecule has 0 unspecified atom stereocenters. The highest BCUT2D eigenvalue weighted by Gasteiger charge is 2.30. The molecular weight excluding hydrogens is 343 g/mol. The first-order valence-corrected chi connectivity index (χ1v) is 7.19. The van der Waals surface area contributed by atoms with Crippen molar-refractivity contribution in [2.24, 2.45) is 0 Å². The topological polar surface area (TPSA) is 95.9 Å². The summed E-state index contributed by atoms with van der Waals surface area (Å²) in [6.45, 7) is 4.93. The Morgan fingerprint density at radius 1 is 1.20 bits per heavy atom. The molecule has 1 aromatic carbocycles. The smallest absolute Gasteiger partial charge is 0.416 e. The lowest BCUT2D eigenvalue weighted by molar-refractivity contribution is -0.137. The van der Waals surface area contributed by atoms with Crippen LogP contribution in [0.15, 0.2) is 36.4 Å². The molecule has 25 heavy (non-hydrogen) atoms. The number of rotatable bonds is 7. The van der Waals surface area contributed by atoms with Crippen molar-refractivity contribution >= 4 is 11.9 Å². The van der Waals surface area contributed by atoms with Crippen LogP contribution >= 0.6 is 0 Å². The maximum Gasteiger partial charge on any atom is 0.416 e. The SMILES string of the molecule is CC(C)NCCOc1cccc(C(F)(F)F)c1.O=C(O)C=CC(=O)O. The van der Waals surface area contributed by atoms with Crippen molar-refractivity contribution in [2.75, 3.05) is 13.2 Å². The first kappa shape index (κ1) is 22.4. The summed E-state index contributed by atoms with van der Waals surface area (Å²) < 4.78 is 42.4. The van der Waals surface area contributed by atoms with Crippen LogP contribution in [0.25, 0.3) is 0 Å². The third-order valence-electron chi connectivity index (χ3n) is 2.45. The Morgan fingerprint density at radius 3 is 2.20 bits per heavy atom. The van der Waals surface area contributed by atoms with Gasteiger partial charge in [0.05, 0.1) is 5.56 Å². The number of carboxylic acids is 2. The van der Waals surface area contributed by atoms with E-state index >= 15 is 0 Å². The number of hydrogen-bond donors (Lipinski definition) is 3. The molecule has 0 bridgehead atoms. The summed E-state index contributed by atoms with van der Waals surface area (Å²) in [5.41, 5.74) is -0.688. The normalized spacial score (nSPS) is 11.1. The summed E-state index contributed by atoms with van der Waals surface area (Å²) >= 11 is 0. The van der Waals surface area contributed by atoms with Gasteiger partial charge < -0.3 is 20.3 Å². The van der Waals surface area contributed by atoms with Crippen LogP contribution in [0, 0.1) is 0 Å². The molecule has 0 atom stereocenters. The van der Waals surface area contributed by atoms with E-state index in [9.17, 15) is 22.8 Å². The van der Waals surface area contributed by atoms with Crippen LogP contribution in [0.1, 0.15) is 19.4 Å². The minimum Gasteiger partial charge on any atom is -0.492 e. The largest absolute Gasteiger partial charge is 0.492 e. The molecule has 0 radical (unpaired) electrons. The first-order chi connectivity index (χ1) is 11.5. The van der Waals surface area contributed by atoms with Crippen LogP contribution < -0.4 is 10.1 Å². The van der Waals surface area contributed by atoms with Gasteiger partial charge in [-0.3, -0.25) is 0 Å². The van der Waals surface area contributed by atoms with E-state index in [2.05, 4.69) is 5.32 Å². The Balaban J connectivity index is 0.000000609. The second-order valence-electron chi connectivity index (χ2n) is 4.99. The van der Waals surface area contributed by atoms with Gasteiger partial charge in [-0.2, -0.15) is 13.2 Å². The molecule has 0 aliphatic rings. The summed E-state index contributed by atoms with van der Waals surface area (Å²) in [7, 11) is 0. The number of nitrogens with one attached hydrogen (secondary N) is 1. The fraction of sp³-hybridized carbons (Fsp3) is 0.375. The summed E-state index contributed by atoms with van der Waals surface area (Å²) in [4.78, 5) is 19.1. The third kappa shape index (κ3) is 12.5. The summed E-state index contributed by atoms with van der Waals surface area (Å²) in [5, 5.41) is 18.7. The van der Waals surface area contributed by atoms with Crippen molar-refractivity contribution in [1.29, 1.82) is 0 Å². The average molecular weight is 363 g/mol. The zero-order valence-electron chi connectivity index (χ0n) is 13.7. The predicted molar refractivity (Wildman–Crippen MR) is 84.5 cm³/mol. The number of benzene rings is 1. The zero-order valence-corrected chi connectivity index (χ0v) is 13.7. The molecule has 0 fully saturated rings. The third-order valence-corrected chi connectivity index (χ3v) is 2.45. The van der Waals surface area contributed by atoms with E-state index in [1.807, 2.05) is 13.8 Å². The number of halogens is 3. The van der Waals surface area contributed by atoms with Crippen molar-refractivity contribution in [2.45, 2.75) is 26.1 Å². The van der Waals surface area contributed by atoms with Gasteiger partial charge >= 0.3 is 18.1 Å². The Morgan fingerprint density at radius 2 is 1.76 bits per heavy atom. The first-order valence-electron chi connectivity index (χ1n) is 7.19. The lowest BCUT2D eigenvalue weighted by atomic mass is 10.2. The van der Waals surface area contributed by atoms with Gasteiger partial charge in [-0.05, 0) is 18.2 Å². The van der Waals surface area contributed by atoms with Gasteiger partial charge in [0, 0.05) is 24.7 Å². The molecule has 0 aliphatic carbocycles. The lowest BCUT2D eigenvalue weighted by Gasteiger charge is -2.11. The fourth-order valence-electron chi connectivity index (χ4n) is 1.42. The highest BCUT2D eigenvalue weighted by Crippen LogP contribution is 2.31. The van der Waals surface area contributed by atoms with Gasteiger partial charge in [0.1, 0.15) is 12.4 Å². The number of ether oxygens (including phenoxy) is 1. The molecule has 6 nitrogen and oxygen atoms in total. The van der Waals surface area contributed by atoms with E-state index in [1.165, 1.54) is 12.1 Å².